The largest absolute Gasteiger partial charge is 0.456 e. The van der Waals surface area contributed by atoms with Gasteiger partial charge in [-0.05, 0) is 59.2 Å². The second-order valence-corrected chi connectivity index (χ2v) is 5.91. The SMILES string of the molecule is CC(OC(=O)C(C)(C)C)C(Cl)=C1CCNCC1. The van der Waals surface area contributed by atoms with Crippen molar-refractivity contribution < 1.29 is 9.53 Å². The fraction of sp³-hybridized carbons (Fsp3) is 0.769. The molecule has 0 amide bonds. The molecule has 1 N–H and O–H groups in total. The lowest BCUT2D eigenvalue weighted by atomic mass is 9.97. The van der Waals surface area contributed by atoms with Crippen molar-refractivity contribution in [2.45, 2.75) is 46.6 Å². The van der Waals surface area contributed by atoms with Crippen LogP contribution in [0.1, 0.15) is 40.5 Å². The summed E-state index contributed by atoms with van der Waals surface area (Å²) < 4.78 is 5.38. The maximum Gasteiger partial charge on any atom is 0.311 e. The van der Waals surface area contributed by atoms with E-state index in [9.17, 15) is 4.79 Å². The summed E-state index contributed by atoms with van der Waals surface area (Å²) in [6.07, 6.45) is 1.54. The van der Waals surface area contributed by atoms with Gasteiger partial charge in [-0.25, -0.2) is 0 Å². The molecule has 0 radical (unpaired) electrons. The smallest absolute Gasteiger partial charge is 0.311 e. The molecule has 0 bridgehead atoms. The zero-order valence-corrected chi connectivity index (χ0v) is 11.9. The summed E-state index contributed by atoms with van der Waals surface area (Å²) in [5, 5.41) is 3.97. The summed E-state index contributed by atoms with van der Waals surface area (Å²) in [5.74, 6) is -0.210. The fourth-order valence-corrected chi connectivity index (χ4v) is 1.88. The summed E-state index contributed by atoms with van der Waals surface area (Å²) in [5.41, 5.74) is 0.726. The van der Waals surface area contributed by atoms with E-state index < -0.39 is 5.41 Å². The molecule has 0 aromatic heterocycles. The van der Waals surface area contributed by atoms with Gasteiger partial charge < -0.3 is 10.1 Å². The van der Waals surface area contributed by atoms with Gasteiger partial charge in [0.15, 0.2) is 0 Å². The van der Waals surface area contributed by atoms with Gasteiger partial charge in [-0.15, -0.1) is 0 Å². The van der Waals surface area contributed by atoms with Gasteiger partial charge in [0.2, 0.25) is 0 Å². The molecule has 0 saturated carbocycles. The lowest BCUT2D eigenvalue weighted by Crippen LogP contribution is -2.29. The predicted octanol–water partition coefficient (Wildman–Crippen LogP) is 2.84. The molecule has 98 valence electrons. The van der Waals surface area contributed by atoms with Crippen molar-refractivity contribution in [3.63, 3.8) is 0 Å². The number of halogens is 1. The summed E-state index contributed by atoms with van der Waals surface area (Å²) >= 11 is 6.28. The molecule has 4 heteroatoms. The van der Waals surface area contributed by atoms with Gasteiger partial charge in [-0.1, -0.05) is 11.6 Å². The van der Waals surface area contributed by atoms with Crippen LogP contribution in [0.15, 0.2) is 10.6 Å². The molecule has 1 unspecified atom stereocenters. The monoisotopic (exact) mass is 259 g/mol. The average molecular weight is 260 g/mol. The van der Waals surface area contributed by atoms with Crippen molar-refractivity contribution in [1.29, 1.82) is 0 Å². The quantitative estimate of drug-likeness (QED) is 0.775. The van der Waals surface area contributed by atoms with E-state index >= 15 is 0 Å². The van der Waals surface area contributed by atoms with Crippen LogP contribution < -0.4 is 5.32 Å². The van der Waals surface area contributed by atoms with Gasteiger partial charge in [0, 0.05) is 0 Å². The van der Waals surface area contributed by atoms with Crippen LogP contribution in [0.2, 0.25) is 0 Å². The standard InChI is InChI=1S/C13H22ClNO2/c1-9(17-12(16)13(2,3)4)11(14)10-5-7-15-8-6-10/h9,15H,5-8H2,1-4H3. The first-order valence-corrected chi connectivity index (χ1v) is 6.49. The van der Waals surface area contributed by atoms with Crippen LogP contribution in [0.3, 0.4) is 0 Å². The summed E-state index contributed by atoms with van der Waals surface area (Å²) in [7, 11) is 0. The molecule has 1 atom stereocenters. The number of esters is 1. The van der Waals surface area contributed by atoms with E-state index in [-0.39, 0.29) is 12.1 Å². The van der Waals surface area contributed by atoms with E-state index in [0.29, 0.717) is 5.03 Å². The van der Waals surface area contributed by atoms with Crippen LogP contribution in [0.4, 0.5) is 0 Å². The van der Waals surface area contributed by atoms with Gasteiger partial charge >= 0.3 is 5.97 Å². The van der Waals surface area contributed by atoms with E-state index in [0.717, 1.165) is 25.9 Å². The van der Waals surface area contributed by atoms with E-state index in [1.54, 1.807) is 0 Å². The van der Waals surface area contributed by atoms with Crippen molar-refractivity contribution in [3.8, 4) is 0 Å². The van der Waals surface area contributed by atoms with E-state index in [4.69, 9.17) is 16.3 Å². The number of piperidine rings is 1. The van der Waals surface area contributed by atoms with Crippen LogP contribution in [0, 0.1) is 5.41 Å². The van der Waals surface area contributed by atoms with Crippen molar-refractivity contribution in [2.24, 2.45) is 5.41 Å². The van der Waals surface area contributed by atoms with Gasteiger partial charge in [-0.2, -0.15) is 0 Å². The average Bonchev–Trinajstić information content (AvgIpc) is 2.27. The number of carbonyl (C=O) groups is 1. The summed E-state index contributed by atoms with van der Waals surface area (Å²) in [6, 6.07) is 0. The molecule has 0 aromatic carbocycles. The highest BCUT2D eigenvalue weighted by molar-refractivity contribution is 6.30. The van der Waals surface area contributed by atoms with Crippen molar-refractivity contribution in [1.82, 2.24) is 5.32 Å². The Morgan fingerprint density at radius 2 is 1.88 bits per heavy atom. The molecule has 1 fully saturated rings. The molecule has 0 aromatic rings. The first-order valence-electron chi connectivity index (χ1n) is 6.11. The Hall–Kier alpha value is -0.540. The zero-order valence-electron chi connectivity index (χ0n) is 11.1. The third-order valence-corrected chi connectivity index (χ3v) is 3.37. The van der Waals surface area contributed by atoms with Gasteiger partial charge in [0.05, 0.1) is 10.4 Å². The predicted molar refractivity (Wildman–Crippen MR) is 70.0 cm³/mol. The van der Waals surface area contributed by atoms with Gasteiger partial charge in [0.1, 0.15) is 6.10 Å². The normalized spacial score (nSPS) is 18.8. The topological polar surface area (TPSA) is 38.3 Å². The van der Waals surface area contributed by atoms with Crippen LogP contribution in [0.5, 0.6) is 0 Å². The number of carbonyl (C=O) groups excluding carboxylic acids is 1. The lowest BCUT2D eigenvalue weighted by Gasteiger charge is -2.23. The maximum atomic E-state index is 11.7. The third kappa shape index (κ3) is 4.32. The zero-order chi connectivity index (χ0) is 13.1. The molecule has 17 heavy (non-hydrogen) atoms. The Morgan fingerprint density at radius 1 is 1.35 bits per heavy atom. The minimum absolute atomic E-state index is 0.210. The van der Waals surface area contributed by atoms with E-state index in [1.807, 2.05) is 27.7 Å². The first kappa shape index (κ1) is 14.5. The maximum absolute atomic E-state index is 11.7. The van der Waals surface area contributed by atoms with Gasteiger partial charge in [0.25, 0.3) is 0 Å². The first-order chi connectivity index (χ1) is 7.82. The molecule has 0 aliphatic carbocycles. The summed E-state index contributed by atoms with van der Waals surface area (Å²) in [6.45, 7) is 9.26. The molecule has 1 heterocycles. The van der Waals surface area contributed by atoms with E-state index in [2.05, 4.69) is 5.32 Å². The molecule has 1 aliphatic rings. The minimum Gasteiger partial charge on any atom is -0.456 e. The highest BCUT2D eigenvalue weighted by Gasteiger charge is 2.26. The summed E-state index contributed by atoms with van der Waals surface area (Å²) in [4.78, 5) is 11.7. The molecular weight excluding hydrogens is 238 g/mol. The molecule has 1 saturated heterocycles. The second kappa shape index (κ2) is 5.87. The van der Waals surface area contributed by atoms with E-state index in [1.165, 1.54) is 5.57 Å². The fourth-order valence-electron chi connectivity index (χ4n) is 1.64. The van der Waals surface area contributed by atoms with Crippen molar-refractivity contribution in [2.75, 3.05) is 13.1 Å². The van der Waals surface area contributed by atoms with Crippen LogP contribution in [-0.4, -0.2) is 25.2 Å². The number of ether oxygens (including phenoxy) is 1. The van der Waals surface area contributed by atoms with Crippen molar-refractivity contribution in [3.05, 3.63) is 10.6 Å². The Bertz CT molecular complexity index is 310. The lowest BCUT2D eigenvalue weighted by molar-refractivity contribution is -0.155. The molecule has 1 aliphatic heterocycles. The molecular formula is C13H22ClNO2. The Morgan fingerprint density at radius 3 is 2.35 bits per heavy atom. The Labute approximate surface area is 109 Å². The highest BCUT2D eigenvalue weighted by atomic mass is 35.5. The molecule has 3 nitrogen and oxygen atoms in total. The minimum atomic E-state index is -0.482. The number of hydrogen-bond acceptors (Lipinski definition) is 3. The van der Waals surface area contributed by atoms with Crippen molar-refractivity contribution >= 4 is 17.6 Å². The highest BCUT2D eigenvalue weighted by Crippen LogP contribution is 2.25. The van der Waals surface area contributed by atoms with Crippen LogP contribution in [0.25, 0.3) is 0 Å². The van der Waals surface area contributed by atoms with Crippen LogP contribution >= 0.6 is 11.6 Å². The third-order valence-electron chi connectivity index (χ3n) is 2.80. The second-order valence-electron chi connectivity index (χ2n) is 5.50. The number of hydrogen-bond donors (Lipinski definition) is 1. The molecule has 0 spiro atoms. The Balaban J connectivity index is 2.63. The van der Waals surface area contributed by atoms with Gasteiger partial charge in [-0.3, -0.25) is 4.79 Å². The Kier molecular flexibility index (Phi) is 5.02. The molecule has 1 rings (SSSR count). The number of nitrogens with one attached hydrogen (secondary N) is 1. The number of rotatable bonds is 2. The van der Waals surface area contributed by atoms with Crippen LogP contribution in [-0.2, 0) is 9.53 Å².